The van der Waals surface area contributed by atoms with Gasteiger partial charge in [-0.05, 0) is 32.7 Å². The summed E-state index contributed by atoms with van der Waals surface area (Å²) in [6.07, 6.45) is 6.81. The topological polar surface area (TPSA) is 29.5 Å². The van der Waals surface area contributed by atoms with E-state index < -0.39 is 0 Å². The largest absolute Gasteiger partial charge is 0.377 e. The predicted molar refractivity (Wildman–Crippen MR) is 58.9 cm³/mol. The Kier molecular flexibility index (Phi) is 3.76. The van der Waals surface area contributed by atoms with Gasteiger partial charge in [-0.1, -0.05) is 6.42 Å². The summed E-state index contributed by atoms with van der Waals surface area (Å²) in [7, 11) is 2.07. The van der Waals surface area contributed by atoms with Gasteiger partial charge < -0.3 is 4.74 Å². The van der Waals surface area contributed by atoms with E-state index in [2.05, 4.69) is 11.9 Å². The number of ketones is 1. The maximum absolute atomic E-state index is 11.7. The average Bonchev–Trinajstić information content (AvgIpc) is 2.71. The third-order valence-corrected chi connectivity index (χ3v) is 3.57. The molecule has 0 aromatic heterocycles. The molecule has 0 radical (unpaired) electrons. The van der Waals surface area contributed by atoms with E-state index in [1.165, 1.54) is 12.8 Å². The van der Waals surface area contributed by atoms with E-state index >= 15 is 0 Å². The van der Waals surface area contributed by atoms with Gasteiger partial charge in [0.1, 0.15) is 5.78 Å². The van der Waals surface area contributed by atoms with Gasteiger partial charge in [0.15, 0.2) is 0 Å². The van der Waals surface area contributed by atoms with Crippen LogP contribution in [0.3, 0.4) is 0 Å². The molecule has 2 fully saturated rings. The lowest BCUT2D eigenvalue weighted by Crippen LogP contribution is -2.43. The second kappa shape index (κ2) is 5.08. The van der Waals surface area contributed by atoms with Crippen molar-refractivity contribution in [1.82, 2.24) is 4.90 Å². The molecule has 1 aliphatic carbocycles. The molecule has 0 aromatic carbocycles. The first kappa shape index (κ1) is 11.1. The molecule has 86 valence electrons. The minimum absolute atomic E-state index is 0.169. The number of rotatable bonds is 3. The molecule has 2 atom stereocenters. The number of carbonyl (C=O) groups is 1. The van der Waals surface area contributed by atoms with Crippen molar-refractivity contribution in [3.8, 4) is 0 Å². The minimum Gasteiger partial charge on any atom is -0.377 e. The molecule has 0 N–H and O–H groups in total. The highest BCUT2D eigenvalue weighted by Crippen LogP contribution is 2.21. The maximum Gasteiger partial charge on any atom is 0.149 e. The highest BCUT2D eigenvalue weighted by Gasteiger charge is 2.28. The molecule has 3 nitrogen and oxygen atoms in total. The van der Waals surface area contributed by atoms with Crippen LogP contribution in [0.5, 0.6) is 0 Å². The number of Topliss-reactive ketones (excluding diaryl/α,β-unsaturated/α-hetero) is 1. The van der Waals surface area contributed by atoms with Gasteiger partial charge >= 0.3 is 0 Å². The summed E-state index contributed by atoms with van der Waals surface area (Å²) in [4.78, 5) is 13.9. The summed E-state index contributed by atoms with van der Waals surface area (Å²) in [5.41, 5.74) is 0. The third kappa shape index (κ3) is 2.79. The van der Waals surface area contributed by atoms with Crippen LogP contribution in [0.15, 0.2) is 0 Å². The van der Waals surface area contributed by atoms with Crippen LogP contribution in [0, 0.1) is 0 Å². The summed E-state index contributed by atoms with van der Waals surface area (Å²) >= 11 is 0. The number of hydrogen-bond acceptors (Lipinski definition) is 3. The number of hydrogen-bond donors (Lipinski definition) is 0. The van der Waals surface area contributed by atoms with E-state index in [-0.39, 0.29) is 6.04 Å². The Labute approximate surface area is 91.8 Å². The molecule has 2 unspecified atom stereocenters. The van der Waals surface area contributed by atoms with E-state index in [0.29, 0.717) is 11.9 Å². The Morgan fingerprint density at radius 3 is 2.87 bits per heavy atom. The molecule has 15 heavy (non-hydrogen) atoms. The van der Waals surface area contributed by atoms with Gasteiger partial charge in [0.25, 0.3) is 0 Å². The molecule has 1 saturated heterocycles. The zero-order valence-corrected chi connectivity index (χ0v) is 9.58. The highest BCUT2D eigenvalue weighted by atomic mass is 16.5. The lowest BCUT2D eigenvalue weighted by molar-refractivity contribution is -0.126. The third-order valence-electron chi connectivity index (χ3n) is 3.57. The molecule has 0 amide bonds. The Morgan fingerprint density at radius 2 is 2.20 bits per heavy atom. The molecule has 0 spiro atoms. The summed E-state index contributed by atoms with van der Waals surface area (Å²) in [6, 6.07) is 0.169. The molecular formula is C12H21NO2. The van der Waals surface area contributed by atoms with E-state index in [4.69, 9.17) is 4.74 Å². The maximum atomic E-state index is 11.7. The fourth-order valence-electron chi connectivity index (χ4n) is 2.67. The first-order valence-electron chi connectivity index (χ1n) is 6.12. The fourth-order valence-corrected chi connectivity index (χ4v) is 2.67. The van der Waals surface area contributed by atoms with Crippen molar-refractivity contribution in [2.24, 2.45) is 0 Å². The van der Waals surface area contributed by atoms with E-state index in [1.54, 1.807) is 0 Å². The monoisotopic (exact) mass is 211 g/mol. The quantitative estimate of drug-likeness (QED) is 0.710. The van der Waals surface area contributed by atoms with Gasteiger partial charge in [0.05, 0.1) is 12.1 Å². The minimum atomic E-state index is 0.169. The first-order chi connectivity index (χ1) is 7.27. The molecule has 1 heterocycles. The Hall–Kier alpha value is -0.410. The molecule has 3 heteroatoms. The van der Waals surface area contributed by atoms with Gasteiger partial charge in [-0.25, -0.2) is 0 Å². The number of ether oxygens (including phenoxy) is 1. The van der Waals surface area contributed by atoms with Gasteiger partial charge in [-0.3, -0.25) is 9.69 Å². The van der Waals surface area contributed by atoms with Crippen LogP contribution >= 0.6 is 0 Å². The molecular weight excluding hydrogens is 190 g/mol. The lowest BCUT2D eigenvalue weighted by Gasteiger charge is -2.31. The zero-order valence-electron chi connectivity index (χ0n) is 9.58. The Morgan fingerprint density at radius 1 is 1.33 bits per heavy atom. The van der Waals surface area contributed by atoms with Crippen molar-refractivity contribution in [3.63, 3.8) is 0 Å². The van der Waals surface area contributed by atoms with Gasteiger partial charge in [-0.15, -0.1) is 0 Å². The number of carbonyl (C=O) groups excluding carboxylic acids is 1. The first-order valence-corrected chi connectivity index (χ1v) is 6.12. The Balaban J connectivity index is 1.82. The van der Waals surface area contributed by atoms with Crippen LogP contribution in [-0.4, -0.2) is 43.0 Å². The SMILES string of the molecule is CN(CC1CCCO1)C1CCCCC1=O. The molecule has 2 aliphatic rings. The van der Waals surface area contributed by atoms with Crippen molar-refractivity contribution >= 4 is 5.78 Å². The number of nitrogens with zero attached hydrogens (tertiary/aromatic N) is 1. The van der Waals surface area contributed by atoms with Crippen molar-refractivity contribution in [2.75, 3.05) is 20.2 Å². The fraction of sp³-hybridized carbons (Fsp3) is 0.917. The van der Waals surface area contributed by atoms with Crippen molar-refractivity contribution in [2.45, 2.75) is 50.7 Å². The smallest absolute Gasteiger partial charge is 0.149 e. The summed E-state index contributed by atoms with van der Waals surface area (Å²) in [5, 5.41) is 0. The van der Waals surface area contributed by atoms with E-state index in [1.807, 2.05) is 0 Å². The summed E-state index contributed by atoms with van der Waals surface area (Å²) < 4.78 is 5.60. The van der Waals surface area contributed by atoms with Crippen LogP contribution in [-0.2, 0) is 9.53 Å². The Bertz CT molecular complexity index is 224. The lowest BCUT2D eigenvalue weighted by atomic mass is 9.93. The molecule has 0 bridgehead atoms. The molecule has 1 saturated carbocycles. The van der Waals surface area contributed by atoms with Crippen molar-refractivity contribution < 1.29 is 9.53 Å². The average molecular weight is 211 g/mol. The second-order valence-corrected chi connectivity index (χ2v) is 4.80. The number of likely N-dealkylation sites (N-methyl/N-ethyl adjacent to an activating group) is 1. The van der Waals surface area contributed by atoms with Crippen LogP contribution in [0.2, 0.25) is 0 Å². The standard InChI is InChI=1S/C12H21NO2/c1-13(9-10-5-4-8-15-10)11-6-2-3-7-12(11)14/h10-11H,2-9H2,1H3. The summed E-state index contributed by atoms with van der Waals surface area (Å²) in [6.45, 7) is 1.83. The normalized spacial score (nSPS) is 32.5. The molecule has 1 aliphatic heterocycles. The predicted octanol–water partition coefficient (Wildman–Crippen LogP) is 1.61. The van der Waals surface area contributed by atoms with Gasteiger partial charge in [-0.2, -0.15) is 0 Å². The van der Waals surface area contributed by atoms with Crippen LogP contribution in [0.1, 0.15) is 38.5 Å². The van der Waals surface area contributed by atoms with Gasteiger partial charge in [0.2, 0.25) is 0 Å². The summed E-state index contributed by atoms with van der Waals surface area (Å²) in [5.74, 6) is 0.432. The molecule has 0 aromatic rings. The zero-order chi connectivity index (χ0) is 10.7. The van der Waals surface area contributed by atoms with Crippen molar-refractivity contribution in [3.05, 3.63) is 0 Å². The second-order valence-electron chi connectivity index (χ2n) is 4.80. The molecule has 2 rings (SSSR count). The van der Waals surface area contributed by atoms with Gasteiger partial charge in [0, 0.05) is 19.6 Å². The van der Waals surface area contributed by atoms with Crippen LogP contribution in [0.25, 0.3) is 0 Å². The van der Waals surface area contributed by atoms with Crippen LogP contribution in [0.4, 0.5) is 0 Å². The van der Waals surface area contributed by atoms with E-state index in [9.17, 15) is 4.79 Å². The highest BCUT2D eigenvalue weighted by molar-refractivity contribution is 5.84. The van der Waals surface area contributed by atoms with Crippen molar-refractivity contribution in [1.29, 1.82) is 0 Å². The van der Waals surface area contributed by atoms with Crippen LogP contribution < -0.4 is 0 Å². The van der Waals surface area contributed by atoms with E-state index in [0.717, 1.165) is 38.8 Å².